The number of rotatable bonds is 9. The predicted octanol–water partition coefficient (Wildman–Crippen LogP) is 5.02. The molecule has 1 fully saturated rings. The van der Waals surface area contributed by atoms with Crippen LogP contribution < -0.4 is 15.5 Å². The van der Waals surface area contributed by atoms with Gasteiger partial charge in [-0.1, -0.05) is 25.2 Å². The van der Waals surface area contributed by atoms with Gasteiger partial charge in [0, 0.05) is 38.3 Å². The molecular formula is C29H30N6O3S. The highest BCUT2D eigenvalue weighted by Gasteiger charge is 2.36. The van der Waals surface area contributed by atoms with Gasteiger partial charge in [-0.3, -0.25) is 14.9 Å². The standard InChI is InChI=1S/C29H30N6O3S/c1-4-30-11-12-35-23-8-7-21(34(3)28(37)19-6-5-18-13-20(18)14-19)15-22(23)32-29(35)33-27(36)26-10-9-25(39-26)24-16-31-17(2)38-24/h5-10,14-16,18,20,30H,4,11-13H2,1-3H3,(H,32,33,36). The van der Waals surface area contributed by atoms with E-state index in [2.05, 4.69) is 34.7 Å². The Morgan fingerprint density at radius 2 is 2.10 bits per heavy atom. The third-order valence-electron chi connectivity index (χ3n) is 7.16. The first-order valence-corrected chi connectivity index (χ1v) is 14.0. The number of allylic oxidation sites excluding steroid dienone is 2. The van der Waals surface area contributed by atoms with E-state index < -0.39 is 0 Å². The smallest absolute Gasteiger partial charge is 0.268 e. The SMILES string of the molecule is CCNCCn1c(NC(=O)c2ccc(-c3cnc(C)o3)s2)nc2cc(N(C)C(=O)C3=CC4CC4C=C3)ccc21. The van der Waals surface area contributed by atoms with Crippen molar-refractivity contribution in [3.05, 3.63) is 71.1 Å². The summed E-state index contributed by atoms with van der Waals surface area (Å²) in [7, 11) is 1.78. The average molecular weight is 543 g/mol. The molecule has 200 valence electrons. The molecule has 2 atom stereocenters. The van der Waals surface area contributed by atoms with E-state index in [1.807, 2.05) is 34.9 Å². The first-order valence-electron chi connectivity index (χ1n) is 13.1. The molecule has 3 heterocycles. The number of anilines is 2. The van der Waals surface area contributed by atoms with E-state index in [1.54, 1.807) is 31.1 Å². The molecule has 3 aromatic heterocycles. The molecular weight excluding hydrogens is 512 g/mol. The van der Waals surface area contributed by atoms with Crippen LogP contribution in [0.25, 0.3) is 21.7 Å². The molecule has 2 N–H and O–H groups in total. The zero-order valence-electron chi connectivity index (χ0n) is 22.1. The number of likely N-dealkylation sites (N-methyl/N-ethyl adjacent to an activating group) is 2. The van der Waals surface area contributed by atoms with E-state index in [-0.39, 0.29) is 11.8 Å². The Bertz CT molecular complexity index is 1630. The number of amides is 2. The number of imidazole rings is 1. The van der Waals surface area contributed by atoms with Crippen LogP contribution >= 0.6 is 11.3 Å². The molecule has 2 unspecified atom stereocenters. The lowest BCUT2D eigenvalue weighted by Gasteiger charge is -2.19. The molecule has 1 saturated carbocycles. The summed E-state index contributed by atoms with van der Waals surface area (Å²) in [5, 5.41) is 6.33. The van der Waals surface area contributed by atoms with Gasteiger partial charge in [-0.25, -0.2) is 9.97 Å². The summed E-state index contributed by atoms with van der Waals surface area (Å²) in [6.07, 6.45) is 8.96. The number of hydrogen-bond acceptors (Lipinski definition) is 7. The fourth-order valence-electron chi connectivity index (χ4n) is 4.86. The summed E-state index contributed by atoms with van der Waals surface area (Å²) < 4.78 is 7.59. The quantitative estimate of drug-likeness (QED) is 0.288. The summed E-state index contributed by atoms with van der Waals surface area (Å²) in [5.41, 5.74) is 3.07. The zero-order valence-corrected chi connectivity index (χ0v) is 22.9. The lowest BCUT2D eigenvalue weighted by atomic mass is 10.1. The summed E-state index contributed by atoms with van der Waals surface area (Å²) in [4.78, 5) is 38.3. The van der Waals surface area contributed by atoms with E-state index in [1.165, 1.54) is 11.3 Å². The minimum Gasteiger partial charge on any atom is -0.440 e. The summed E-state index contributed by atoms with van der Waals surface area (Å²) in [6.45, 7) is 6.03. The molecule has 0 bridgehead atoms. The van der Waals surface area contributed by atoms with E-state index in [9.17, 15) is 9.59 Å². The van der Waals surface area contributed by atoms with Crippen molar-refractivity contribution in [1.82, 2.24) is 19.9 Å². The first kappa shape index (κ1) is 25.3. The third kappa shape index (κ3) is 5.05. The molecule has 2 aliphatic carbocycles. The van der Waals surface area contributed by atoms with Crippen LogP contribution in [0.15, 0.2) is 64.7 Å². The van der Waals surface area contributed by atoms with Crippen LogP contribution in [-0.2, 0) is 11.3 Å². The molecule has 0 saturated heterocycles. The minimum absolute atomic E-state index is 0.0356. The van der Waals surface area contributed by atoms with E-state index in [0.29, 0.717) is 46.4 Å². The molecule has 0 radical (unpaired) electrons. The third-order valence-corrected chi connectivity index (χ3v) is 8.26. The Morgan fingerprint density at radius 3 is 2.87 bits per heavy atom. The molecule has 4 aromatic rings. The van der Waals surface area contributed by atoms with Crippen molar-refractivity contribution in [2.45, 2.75) is 26.8 Å². The maximum Gasteiger partial charge on any atom is 0.268 e. The van der Waals surface area contributed by atoms with Crippen molar-refractivity contribution < 1.29 is 14.0 Å². The van der Waals surface area contributed by atoms with Crippen molar-refractivity contribution in [3.8, 4) is 10.6 Å². The van der Waals surface area contributed by atoms with Crippen molar-refractivity contribution >= 4 is 45.8 Å². The van der Waals surface area contributed by atoms with Gasteiger partial charge in [-0.05, 0) is 55.1 Å². The average Bonchev–Trinajstić information content (AvgIpc) is 3.22. The van der Waals surface area contributed by atoms with Crippen molar-refractivity contribution in [3.63, 3.8) is 0 Å². The number of aryl methyl sites for hydroxylation is 1. The van der Waals surface area contributed by atoms with Gasteiger partial charge >= 0.3 is 0 Å². The van der Waals surface area contributed by atoms with Gasteiger partial charge in [0.1, 0.15) is 0 Å². The number of nitrogens with zero attached hydrogens (tertiary/aromatic N) is 4. The highest BCUT2D eigenvalue weighted by Crippen LogP contribution is 2.44. The number of oxazole rings is 1. The van der Waals surface area contributed by atoms with Crippen LogP contribution in [0.3, 0.4) is 0 Å². The highest BCUT2D eigenvalue weighted by atomic mass is 32.1. The first-order chi connectivity index (χ1) is 18.9. The van der Waals surface area contributed by atoms with Gasteiger partial charge in [0.15, 0.2) is 11.7 Å². The van der Waals surface area contributed by atoms with Crippen molar-refractivity contribution in [2.24, 2.45) is 11.8 Å². The topological polar surface area (TPSA) is 105 Å². The van der Waals surface area contributed by atoms with Crippen molar-refractivity contribution in [1.29, 1.82) is 0 Å². The number of hydrogen-bond donors (Lipinski definition) is 2. The monoisotopic (exact) mass is 542 g/mol. The number of carbonyl (C=O) groups excluding carboxylic acids is 2. The maximum atomic E-state index is 13.2. The number of aromatic nitrogens is 3. The van der Waals surface area contributed by atoms with Crippen molar-refractivity contribution in [2.75, 3.05) is 30.4 Å². The molecule has 9 nitrogen and oxygen atoms in total. The number of benzene rings is 1. The van der Waals surface area contributed by atoms with Gasteiger partial charge in [-0.2, -0.15) is 0 Å². The Kier molecular flexibility index (Phi) is 6.66. The molecule has 10 heteroatoms. The second-order valence-corrected chi connectivity index (χ2v) is 11.0. The van der Waals surface area contributed by atoms with E-state index in [4.69, 9.17) is 9.40 Å². The highest BCUT2D eigenvalue weighted by molar-refractivity contribution is 7.17. The molecule has 2 aliphatic rings. The predicted molar refractivity (Wildman–Crippen MR) is 153 cm³/mol. The Balaban J connectivity index is 1.26. The number of carbonyl (C=O) groups is 2. The summed E-state index contributed by atoms with van der Waals surface area (Å²) >= 11 is 1.34. The van der Waals surface area contributed by atoms with Crippen LogP contribution in [-0.4, -0.2) is 46.5 Å². The fourth-order valence-corrected chi connectivity index (χ4v) is 5.71. The van der Waals surface area contributed by atoms with Crippen LogP contribution in [0.5, 0.6) is 0 Å². The lowest BCUT2D eigenvalue weighted by Crippen LogP contribution is -2.27. The van der Waals surface area contributed by atoms with Gasteiger partial charge in [-0.15, -0.1) is 11.3 Å². The van der Waals surface area contributed by atoms with Crippen LogP contribution in [0.4, 0.5) is 11.6 Å². The number of fused-ring (bicyclic) bond motifs is 2. The Labute approximate surface area is 230 Å². The number of thiophene rings is 1. The summed E-state index contributed by atoms with van der Waals surface area (Å²) in [5.74, 6) is 2.50. The molecule has 6 rings (SSSR count). The van der Waals surface area contributed by atoms with E-state index >= 15 is 0 Å². The normalized spacial score (nSPS) is 17.7. The van der Waals surface area contributed by atoms with Gasteiger partial charge in [0.25, 0.3) is 11.8 Å². The fraction of sp³-hybridized carbons (Fsp3) is 0.310. The largest absolute Gasteiger partial charge is 0.440 e. The molecule has 39 heavy (non-hydrogen) atoms. The minimum atomic E-state index is -0.246. The second-order valence-electron chi connectivity index (χ2n) is 9.88. The van der Waals surface area contributed by atoms with Crippen LogP contribution in [0, 0.1) is 18.8 Å². The number of nitrogens with one attached hydrogen (secondary N) is 2. The lowest BCUT2D eigenvalue weighted by molar-refractivity contribution is -0.114. The van der Waals surface area contributed by atoms with E-state index in [0.717, 1.165) is 41.2 Å². The zero-order chi connectivity index (χ0) is 27.1. The van der Waals surface area contributed by atoms with Crippen LogP contribution in [0.2, 0.25) is 0 Å². The van der Waals surface area contributed by atoms with Gasteiger partial charge in [0.05, 0.1) is 27.0 Å². The maximum absolute atomic E-state index is 13.2. The van der Waals surface area contributed by atoms with Gasteiger partial charge < -0.3 is 19.2 Å². The summed E-state index contributed by atoms with van der Waals surface area (Å²) in [6, 6.07) is 9.41. The Hall–Kier alpha value is -4.02. The molecule has 2 amide bonds. The molecule has 0 spiro atoms. The van der Waals surface area contributed by atoms with Gasteiger partial charge in [0.2, 0.25) is 5.95 Å². The Morgan fingerprint density at radius 1 is 1.23 bits per heavy atom. The second kappa shape index (κ2) is 10.3. The van der Waals surface area contributed by atoms with Crippen LogP contribution in [0.1, 0.15) is 28.9 Å². The molecule has 1 aromatic carbocycles. The molecule has 0 aliphatic heterocycles.